The zero-order chi connectivity index (χ0) is 74.3. The minimum Gasteiger partial charge on any atom is -0.378 e. The maximum absolute atomic E-state index is 15.7. The molecule has 8 rings (SSSR count). The van der Waals surface area contributed by atoms with E-state index in [1.807, 2.05) is 20.8 Å². The van der Waals surface area contributed by atoms with Crippen LogP contribution in [0.2, 0.25) is 0 Å². The van der Waals surface area contributed by atoms with Crippen LogP contribution in [0.3, 0.4) is 0 Å². The molecule has 4 heterocycles. The van der Waals surface area contributed by atoms with E-state index in [0.29, 0.717) is 57.8 Å². The van der Waals surface area contributed by atoms with Crippen LogP contribution in [0.5, 0.6) is 0 Å². The molecule has 0 aromatic heterocycles. The molecule has 25 nitrogen and oxygen atoms in total. The molecule has 0 radical (unpaired) electrons. The fraction of sp³-hybridized carbons (Fsp3) is 0.831. The van der Waals surface area contributed by atoms with Crippen molar-refractivity contribution >= 4 is 70.9 Å². The van der Waals surface area contributed by atoms with Gasteiger partial charge in [0.2, 0.25) is 70.9 Å². The van der Waals surface area contributed by atoms with Gasteiger partial charge in [0, 0.05) is 68.5 Å². The molecule has 4 saturated carbocycles. The lowest BCUT2D eigenvalue weighted by molar-refractivity contribution is -0.219. The van der Waals surface area contributed by atoms with E-state index >= 15 is 37.5 Å². The predicted octanol–water partition coefficient (Wildman–Crippen LogP) is 4.37. The third-order valence-corrected chi connectivity index (χ3v) is 23.6. The van der Waals surface area contributed by atoms with Crippen molar-refractivity contribution in [2.24, 2.45) is 35.5 Å². The third kappa shape index (κ3) is 18.1. The summed E-state index contributed by atoms with van der Waals surface area (Å²) in [6, 6.07) is -11.3. The lowest BCUT2D eigenvalue weighted by atomic mass is 9.76. The number of halogens is 5. The number of rotatable bonds is 10. The molecule has 2 unspecified atom stereocenters. The first kappa shape index (κ1) is 79.9. The lowest BCUT2D eigenvalue weighted by Crippen LogP contribution is -2.65. The molecule has 12 atom stereocenters. The number of hydrogen-bond donors (Lipinski definition) is 3. The Morgan fingerprint density at radius 1 is 0.604 bits per heavy atom. The first-order valence-corrected chi connectivity index (χ1v) is 37.0. The normalized spacial score (nSPS) is 32.3. The van der Waals surface area contributed by atoms with E-state index in [9.17, 15) is 41.9 Å². The molecule has 4 aliphatic carbocycles. The van der Waals surface area contributed by atoms with Crippen molar-refractivity contribution < 1.29 is 84.2 Å². The number of fused-ring (bicyclic) bond motifs is 2. The Labute approximate surface area is 591 Å². The Balaban J connectivity index is 1.17. The molecule has 4 aliphatic heterocycles. The van der Waals surface area contributed by atoms with Crippen LogP contribution in [0.1, 0.15) is 176 Å². The summed E-state index contributed by atoms with van der Waals surface area (Å²) >= 11 is 0. The molecule has 0 aromatic rings. The smallest absolute Gasteiger partial charge is 0.378 e. The Kier molecular flexibility index (Phi) is 27.1. The highest BCUT2D eigenvalue weighted by Crippen LogP contribution is 2.45. The SMILES string of the molecule is CC[C@H](C)[C@@H]1NC(=O)[C@H](CC(C)C)N(C)C(=O)C[C@@H](C(=O)N2CCOCC2)N(C)C(=O)[C@H](C2CCCC2)N(C)C(=O)C2(CCCC2)NC(=O)[C@@H]2CCCN2C(=O)[C@H](CCC2CC(F)C(C(F)(F)F)C(F)C2)NC(=O)CN(C)C(=O)[C@H](C2CCCC2)N(C)C(=O)[C@@H]2CCN2C(=O)[C@H](C)N(C)C1=O. The van der Waals surface area contributed by atoms with Crippen molar-refractivity contribution in [3.63, 3.8) is 0 Å². The number of likely N-dealkylation sites (N-methyl/N-ethyl adjacent to an activating group) is 6. The van der Waals surface area contributed by atoms with Crippen molar-refractivity contribution in [2.75, 3.05) is 88.2 Å². The highest BCUT2D eigenvalue weighted by atomic mass is 19.4. The number of hydrogen-bond acceptors (Lipinski definition) is 13. The molecule has 0 bridgehead atoms. The molecular weight excluding hydrogens is 1320 g/mol. The predicted molar refractivity (Wildman–Crippen MR) is 360 cm³/mol. The molecule has 3 N–H and O–H groups in total. The van der Waals surface area contributed by atoms with Crippen LogP contribution in [-0.4, -0.2) is 282 Å². The van der Waals surface area contributed by atoms with E-state index < -0.39 is 199 Å². The number of ether oxygens (including phenoxy) is 1. The van der Waals surface area contributed by atoms with Gasteiger partial charge in [-0.3, -0.25) is 57.5 Å². The Morgan fingerprint density at radius 3 is 1.72 bits per heavy atom. The van der Waals surface area contributed by atoms with Gasteiger partial charge in [-0.15, -0.1) is 0 Å². The van der Waals surface area contributed by atoms with Gasteiger partial charge in [0.25, 0.3) is 0 Å². The number of amides is 12. The summed E-state index contributed by atoms with van der Waals surface area (Å²) in [5.41, 5.74) is -1.62. The van der Waals surface area contributed by atoms with Gasteiger partial charge in [-0.05, 0) is 126 Å². The molecule has 568 valence electrons. The second kappa shape index (κ2) is 34.2. The summed E-state index contributed by atoms with van der Waals surface area (Å²) in [6.07, 6.45) is -5.60. The van der Waals surface area contributed by atoms with Gasteiger partial charge in [0.1, 0.15) is 78.2 Å². The molecule has 4 saturated heterocycles. The molecular formula is C71H111F5N12O13. The molecule has 8 fully saturated rings. The van der Waals surface area contributed by atoms with Crippen LogP contribution in [0.4, 0.5) is 22.0 Å². The summed E-state index contributed by atoms with van der Waals surface area (Å²) in [5, 5.41) is 8.64. The van der Waals surface area contributed by atoms with E-state index in [2.05, 4.69) is 16.0 Å². The molecule has 12 amide bonds. The Morgan fingerprint density at radius 2 is 1.18 bits per heavy atom. The van der Waals surface area contributed by atoms with Gasteiger partial charge >= 0.3 is 6.18 Å². The van der Waals surface area contributed by atoms with Gasteiger partial charge in [0.05, 0.1) is 26.2 Å². The fourth-order valence-corrected chi connectivity index (χ4v) is 17.0. The Hall–Kier alpha value is -6.75. The van der Waals surface area contributed by atoms with Crippen molar-refractivity contribution in [3.8, 4) is 0 Å². The number of nitrogens with one attached hydrogen (secondary N) is 3. The lowest BCUT2D eigenvalue weighted by Gasteiger charge is -2.45. The van der Waals surface area contributed by atoms with Gasteiger partial charge in [-0.1, -0.05) is 72.6 Å². The van der Waals surface area contributed by atoms with Crippen LogP contribution in [0.15, 0.2) is 0 Å². The molecule has 0 aromatic carbocycles. The van der Waals surface area contributed by atoms with Crippen molar-refractivity contribution in [1.29, 1.82) is 0 Å². The topological polar surface area (TPSA) is 279 Å². The second-order valence-electron chi connectivity index (χ2n) is 30.7. The number of carbonyl (C=O) groups is 12. The average Bonchev–Trinajstić information content (AvgIpc) is 1.67. The van der Waals surface area contributed by atoms with Crippen molar-refractivity contribution in [1.82, 2.24) is 60.0 Å². The number of morpholine rings is 1. The maximum atomic E-state index is 15.7. The second-order valence-corrected chi connectivity index (χ2v) is 30.7. The van der Waals surface area contributed by atoms with Crippen LogP contribution in [0.25, 0.3) is 0 Å². The molecule has 30 heteroatoms. The highest BCUT2D eigenvalue weighted by molar-refractivity contribution is 6.01. The van der Waals surface area contributed by atoms with Crippen LogP contribution in [-0.2, 0) is 62.3 Å². The van der Waals surface area contributed by atoms with Gasteiger partial charge in [-0.25, -0.2) is 8.78 Å². The van der Waals surface area contributed by atoms with Gasteiger partial charge in [-0.2, -0.15) is 13.2 Å². The van der Waals surface area contributed by atoms with E-state index in [1.54, 1.807) is 6.92 Å². The zero-order valence-corrected chi connectivity index (χ0v) is 61.0. The zero-order valence-electron chi connectivity index (χ0n) is 61.0. The summed E-state index contributed by atoms with van der Waals surface area (Å²) in [4.78, 5) is 192. The van der Waals surface area contributed by atoms with E-state index in [0.717, 1.165) is 17.7 Å². The summed E-state index contributed by atoms with van der Waals surface area (Å²) in [7, 11) is 8.51. The van der Waals surface area contributed by atoms with Gasteiger partial charge in [0.15, 0.2) is 0 Å². The Bertz CT molecular complexity index is 3000. The molecule has 8 aliphatic rings. The molecule has 1 spiro atoms. The number of alkyl halides is 5. The fourth-order valence-electron chi connectivity index (χ4n) is 17.0. The van der Waals surface area contributed by atoms with Gasteiger partial charge < -0.3 is 64.8 Å². The maximum Gasteiger partial charge on any atom is 0.397 e. The minimum absolute atomic E-state index is 0.0307. The van der Waals surface area contributed by atoms with Crippen molar-refractivity contribution in [3.05, 3.63) is 0 Å². The van der Waals surface area contributed by atoms with E-state index in [1.165, 1.54) is 88.4 Å². The summed E-state index contributed by atoms with van der Waals surface area (Å²) < 4.78 is 77.8. The van der Waals surface area contributed by atoms with Crippen LogP contribution in [0, 0.1) is 35.5 Å². The standard InChI is InChI=1S/C71H111F5N12O13/c1-12-42(4)57-66(97)81(7)43(5)62(93)88-31-27-51(88)64(95)84(10)58(45-20-13-14-21-45)67(98)80(6)40-54(89)77-49(26-25-44-37-47(72)56(48(73)38-44)71(74,75)76)63(94)87-30-19-24-50(87)61(92)79-70(28-17-18-29-70)69(100)85(11)59(46-22-15-16-23-46)68(99)83(9)53(65(96)86-32-34-101-35-33-86)39-55(90)82(8)52(36-41(2)3)60(91)78-57/h41-53,56-59H,12-40H2,1-11H3,(H,77,89)(H,78,91)(H,79,92)/t42-,43-,44?,47?,48?,49-,50-,51-,52-,53-,56?,57-,58-,59-/m0/s1. The third-order valence-electron chi connectivity index (χ3n) is 23.6. The quantitative estimate of drug-likeness (QED) is 0.257. The van der Waals surface area contributed by atoms with E-state index in [-0.39, 0.29) is 103 Å². The van der Waals surface area contributed by atoms with Crippen LogP contribution >= 0.6 is 0 Å². The first-order valence-electron chi connectivity index (χ1n) is 37.0. The summed E-state index contributed by atoms with van der Waals surface area (Å²) in [5.74, 6) is -13.4. The van der Waals surface area contributed by atoms with E-state index in [4.69, 9.17) is 4.74 Å². The largest absolute Gasteiger partial charge is 0.397 e. The van der Waals surface area contributed by atoms with Crippen molar-refractivity contribution in [2.45, 2.75) is 254 Å². The van der Waals surface area contributed by atoms with Crippen LogP contribution < -0.4 is 16.0 Å². The minimum atomic E-state index is -5.15. The highest BCUT2D eigenvalue weighted by Gasteiger charge is 2.56. The summed E-state index contributed by atoms with van der Waals surface area (Å²) in [6.45, 7) is 8.85. The number of carbonyl (C=O) groups excluding carboxylic acids is 12. The molecule has 101 heavy (non-hydrogen) atoms. The monoisotopic (exact) mass is 1430 g/mol. The average molecular weight is 1440 g/mol. The number of nitrogens with zero attached hydrogens (tertiary/aromatic N) is 9. The first-order chi connectivity index (χ1) is 47.6.